The van der Waals surface area contributed by atoms with E-state index in [1.54, 1.807) is 55.8 Å². The van der Waals surface area contributed by atoms with Crippen LogP contribution in [0.1, 0.15) is 40.0 Å². The summed E-state index contributed by atoms with van der Waals surface area (Å²) in [5.41, 5.74) is -0.323. The predicted octanol–water partition coefficient (Wildman–Crippen LogP) is 1.79. The van der Waals surface area contributed by atoms with Crippen LogP contribution in [0.15, 0.2) is 30.3 Å². The summed E-state index contributed by atoms with van der Waals surface area (Å²) in [7, 11) is -4.09. The average Bonchev–Trinajstić information content (AvgIpc) is 2.58. The molecule has 11 nitrogen and oxygen atoms in total. The molecule has 0 aliphatic heterocycles. The maximum atomic E-state index is 11.9. The lowest BCUT2D eigenvalue weighted by molar-refractivity contribution is -0.139. The molecule has 1 unspecified atom stereocenters. The topological polar surface area (TPSA) is 163 Å². The maximum absolute atomic E-state index is 11.9. The van der Waals surface area contributed by atoms with Crippen molar-refractivity contribution in [1.82, 2.24) is 14.8 Å². The van der Waals surface area contributed by atoms with E-state index in [-0.39, 0.29) is 13.0 Å². The van der Waals surface area contributed by atoms with Crippen molar-refractivity contribution in [1.29, 1.82) is 0 Å². The summed E-state index contributed by atoms with van der Waals surface area (Å²) in [6, 6.07) is 6.76. The van der Waals surface area contributed by atoms with Crippen LogP contribution in [0.4, 0.5) is 15.3 Å². The molecule has 0 radical (unpaired) electrons. The number of ether oxygens (including phenoxy) is 1. The number of amides is 3. The van der Waals surface area contributed by atoms with Crippen LogP contribution in [0, 0.1) is 0 Å². The normalized spacial score (nSPS) is 12.5. The van der Waals surface area contributed by atoms with Crippen LogP contribution in [-0.4, -0.2) is 49.8 Å². The summed E-state index contributed by atoms with van der Waals surface area (Å²) in [6.45, 7) is 4.76. The fourth-order valence-electron chi connectivity index (χ4n) is 2.23. The molecule has 1 aromatic rings. The molecule has 0 saturated heterocycles. The van der Waals surface area contributed by atoms with Crippen molar-refractivity contribution < 1.29 is 32.6 Å². The van der Waals surface area contributed by atoms with Crippen molar-refractivity contribution in [2.45, 2.75) is 51.7 Å². The van der Waals surface area contributed by atoms with Crippen molar-refractivity contribution >= 4 is 34.0 Å². The molecule has 168 valence electrons. The van der Waals surface area contributed by atoms with Gasteiger partial charge in [0.05, 0.1) is 0 Å². The quantitative estimate of drug-likeness (QED) is 0.343. The Balaban J connectivity index is 2.36. The maximum Gasteiger partial charge on any atom is 0.422 e. The van der Waals surface area contributed by atoms with Crippen LogP contribution in [0.5, 0.6) is 0 Å². The van der Waals surface area contributed by atoms with Crippen LogP contribution in [0.2, 0.25) is 0 Å². The number of carbonyl (C=O) groups excluding carboxylic acids is 2. The molecule has 0 bridgehead atoms. The molecule has 0 aromatic heterocycles. The molecule has 0 heterocycles. The first kappa shape index (κ1) is 25.2. The summed E-state index contributed by atoms with van der Waals surface area (Å²) in [5.74, 6) is -1.20. The smallest absolute Gasteiger partial charge is 0.422 e. The molecule has 12 heteroatoms. The van der Waals surface area contributed by atoms with Crippen molar-refractivity contribution in [2.24, 2.45) is 0 Å². The lowest BCUT2D eigenvalue weighted by Crippen LogP contribution is -2.43. The van der Waals surface area contributed by atoms with Crippen molar-refractivity contribution in [3.63, 3.8) is 0 Å². The van der Waals surface area contributed by atoms with E-state index in [4.69, 9.17) is 4.74 Å². The molecule has 1 atom stereocenters. The summed E-state index contributed by atoms with van der Waals surface area (Å²) in [4.78, 5) is 34.7. The number of nitrogens with one attached hydrogen (secondary N) is 4. The van der Waals surface area contributed by atoms with Gasteiger partial charge in [-0.1, -0.05) is 18.2 Å². The molecule has 0 aliphatic carbocycles. The first-order chi connectivity index (χ1) is 13.9. The van der Waals surface area contributed by atoms with Crippen LogP contribution in [-0.2, 0) is 19.7 Å². The molecule has 5 N–H and O–H groups in total. The fraction of sp³-hybridized carbons (Fsp3) is 0.500. The second kappa shape index (κ2) is 11.4. The SMILES string of the molecule is CC(C)(C)OC(=O)NS(=O)(=O)NCCCCC(NC(=O)Nc1ccccc1)C(=O)O. The highest BCUT2D eigenvalue weighted by molar-refractivity contribution is 7.88. The number of carbonyl (C=O) groups is 3. The molecule has 0 spiro atoms. The number of aliphatic carboxylic acids is 1. The highest BCUT2D eigenvalue weighted by Gasteiger charge is 2.22. The molecule has 1 aromatic carbocycles. The van der Waals surface area contributed by atoms with Crippen molar-refractivity contribution in [3.8, 4) is 0 Å². The van der Waals surface area contributed by atoms with Gasteiger partial charge in [-0.2, -0.15) is 13.1 Å². The Bertz CT molecular complexity index is 823. The standard InChI is InChI=1S/C18H28N4O7S/c1-18(2,3)29-17(26)22-30(27,28)19-12-8-7-11-14(15(23)24)21-16(25)20-13-9-5-4-6-10-13/h4-6,9-10,14,19H,7-8,11-12H2,1-3H3,(H,22,26)(H,23,24)(H2,20,21,25). The van der Waals surface area contributed by atoms with Gasteiger partial charge in [0.25, 0.3) is 0 Å². The molecular formula is C18H28N4O7S. The molecule has 3 amide bonds. The second-order valence-electron chi connectivity index (χ2n) is 7.35. The van der Waals surface area contributed by atoms with E-state index in [2.05, 4.69) is 15.4 Å². The highest BCUT2D eigenvalue weighted by atomic mass is 32.2. The van der Waals surface area contributed by atoms with Gasteiger partial charge in [-0.3, -0.25) is 0 Å². The highest BCUT2D eigenvalue weighted by Crippen LogP contribution is 2.07. The van der Waals surface area contributed by atoms with Gasteiger partial charge in [-0.25, -0.2) is 19.1 Å². The zero-order chi connectivity index (χ0) is 22.8. The Morgan fingerprint density at radius 2 is 1.73 bits per heavy atom. The monoisotopic (exact) mass is 444 g/mol. The number of urea groups is 1. The number of carboxylic acids is 1. The Hall–Kier alpha value is -2.86. The molecule has 1 rings (SSSR count). The van der Waals surface area contributed by atoms with Crippen LogP contribution < -0.4 is 20.1 Å². The van der Waals surface area contributed by atoms with Gasteiger partial charge >= 0.3 is 28.3 Å². The zero-order valence-electron chi connectivity index (χ0n) is 17.1. The predicted molar refractivity (Wildman–Crippen MR) is 110 cm³/mol. The number of benzene rings is 1. The fourth-order valence-corrected chi connectivity index (χ4v) is 2.98. The minimum Gasteiger partial charge on any atom is -0.480 e. The average molecular weight is 445 g/mol. The van der Waals surface area contributed by atoms with Gasteiger partial charge in [0.2, 0.25) is 0 Å². The molecule has 0 fully saturated rings. The van der Waals surface area contributed by atoms with E-state index in [1.807, 2.05) is 0 Å². The van der Waals surface area contributed by atoms with Gasteiger partial charge in [-0.05, 0) is 52.2 Å². The van der Waals surface area contributed by atoms with Gasteiger partial charge < -0.3 is 20.5 Å². The van der Waals surface area contributed by atoms with Crippen LogP contribution >= 0.6 is 0 Å². The van der Waals surface area contributed by atoms with E-state index >= 15 is 0 Å². The van der Waals surface area contributed by atoms with E-state index in [1.165, 1.54) is 0 Å². The van der Waals surface area contributed by atoms with Crippen molar-refractivity contribution in [2.75, 3.05) is 11.9 Å². The lowest BCUT2D eigenvalue weighted by atomic mass is 10.1. The van der Waals surface area contributed by atoms with Gasteiger partial charge in [0.15, 0.2) is 0 Å². The molecule has 30 heavy (non-hydrogen) atoms. The summed E-state index contributed by atoms with van der Waals surface area (Å²) in [5, 5.41) is 14.1. The number of hydrogen-bond donors (Lipinski definition) is 5. The van der Waals surface area contributed by atoms with E-state index < -0.39 is 39.9 Å². The Labute approximate surface area is 175 Å². The summed E-state index contributed by atoms with van der Waals surface area (Å²) < 4.78 is 32.3. The number of unbranched alkanes of at least 4 members (excludes halogenated alkanes) is 1. The van der Waals surface area contributed by atoms with Gasteiger partial charge in [0, 0.05) is 12.2 Å². The van der Waals surface area contributed by atoms with E-state index in [0.29, 0.717) is 18.5 Å². The summed E-state index contributed by atoms with van der Waals surface area (Å²) >= 11 is 0. The third-order valence-corrected chi connectivity index (χ3v) is 4.48. The van der Waals surface area contributed by atoms with Crippen LogP contribution in [0.25, 0.3) is 0 Å². The molecule has 0 aliphatic rings. The third kappa shape index (κ3) is 11.2. The third-order valence-electron chi connectivity index (χ3n) is 3.46. The summed E-state index contributed by atoms with van der Waals surface area (Å²) in [6.07, 6.45) is -0.397. The number of carboxylic acid groups (broad SMARTS) is 1. The van der Waals surface area contributed by atoms with E-state index in [0.717, 1.165) is 0 Å². The molecular weight excluding hydrogens is 416 g/mol. The lowest BCUT2D eigenvalue weighted by Gasteiger charge is -2.19. The van der Waals surface area contributed by atoms with Crippen molar-refractivity contribution in [3.05, 3.63) is 30.3 Å². The Morgan fingerprint density at radius 3 is 2.30 bits per heavy atom. The first-order valence-corrected chi connectivity index (χ1v) is 10.7. The number of anilines is 1. The minimum absolute atomic E-state index is 0.0271. The zero-order valence-corrected chi connectivity index (χ0v) is 17.9. The number of para-hydroxylation sites is 1. The number of rotatable bonds is 10. The van der Waals surface area contributed by atoms with Gasteiger partial charge in [0.1, 0.15) is 11.6 Å². The largest absolute Gasteiger partial charge is 0.480 e. The molecule has 0 saturated carbocycles. The minimum atomic E-state index is -4.09. The van der Waals surface area contributed by atoms with E-state index in [9.17, 15) is 27.9 Å². The number of hydrogen-bond acceptors (Lipinski definition) is 6. The second-order valence-corrected chi connectivity index (χ2v) is 8.85. The van der Waals surface area contributed by atoms with Crippen LogP contribution in [0.3, 0.4) is 0 Å². The Morgan fingerprint density at radius 1 is 1.10 bits per heavy atom. The first-order valence-electron chi connectivity index (χ1n) is 9.24. The Kier molecular flexibility index (Phi) is 9.53. The van der Waals surface area contributed by atoms with Gasteiger partial charge in [-0.15, -0.1) is 0 Å².